The number of benzene rings is 3. The van der Waals surface area contributed by atoms with Crippen LogP contribution in [0.25, 0.3) is 0 Å². The fourth-order valence-corrected chi connectivity index (χ4v) is 3.73. The SMILES string of the molecule is CC(C)(C)c1cccc(C(Oc2ccccc2)(C(=O)O)c2ccccc2)c1CN. The Bertz CT molecular complexity index is 978. The summed E-state index contributed by atoms with van der Waals surface area (Å²) < 4.78 is 6.29. The van der Waals surface area contributed by atoms with Crippen molar-refractivity contribution in [2.45, 2.75) is 38.3 Å². The summed E-state index contributed by atoms with van der Waals surface area (Å²) in [5.41, 5.74) is 7.14. The predicted molar refractivity (Wildman–Crippen MR) is 115 cm³/mol. The zero-order valence-corrected chi connectivity index (χ0v) is 17.1. The van der Waals surface area contributed by atoms with Crippen LogP contribution in [0.4, 0.5) is 0 Å². The molecule has 0 saturated carbocycles. The Balaban J connectivity index is 2.36. The molecule has 3 N–H and O–H groups in total. The molecule has 0 amide bonds. The van der Waals surface area contributed by atoms with Crippen LogP contribution in [0.15, 0.2) is 78.9 Å². The summed E-state index contributed by atoms with van der Waals surface area (Å²) in [6.45, 7) is 6.49. The third-order valence-corrected chi connectivity index (χ3v) is 5.06. The van der Waals surface area contributed by atoms with Gasteiger partial charge in [0.2, 0.25) is 0 Å². The Morgan fingerprint density at radius 2 is 1.41 bits per heavy atom. The van der Waals surface area contributed by atoms with E-state index in [2.05, 4.69) is 20.8 Å². The van der Waals surface area contributed by atoms with Gasteiger partial charge < -0.3 is 15.6 Å². The van der Waals surface area contributed by atoms with E-state index in [9.17, 15) is 9.90 Å². The number of para-hydroxylation sites is 1. The minimum Gasteiger partial charge on any atom is -0.478 e. The normalized spacial score (nSPS) is 13.5. The molecule has 0 spiro atoms. The Kier molecular flexibility index (Phi) is 5.76. The summed E-state index contributed by atoms with van der Waals surface area (Å²) in [4.78, 5) is 12.9. The summed E-state index contributed by atoms with van der Waals surface area (Å²) in [5.74, 6) is -0.615. The second-order valence-corrected chi connectivity index (χ2v) is 8.05. The van der Waals surface area contributed by atoms with Crippen LogP contribution in [0.1, 0.15) is 43.0 Å². The van der Waals surface area contributed by atoms with Crippen molar-refractivity contribution in [3.8, 4) is 5.75 Å². The molecule has 0 saturated heterocycles. The number of hydrogen-bond donors (Lipinski definition) is 2. The fraction of sp³-hybridized carbons (Fsp3) is 0.240. The molecule has 1 atom stereocenters. The van der Waals surface area contributed by atoms with E-state index in [-0.39, 0.29) is 12.0 Å². The van der Waals surface area contributed by atoms with E-state index < -0.39 is 11.6 Å². The monoisotopic (exact) mass is 389 g/mol. The Morgan fingerprint density at radius 3 is 1.93 bits per heavy atom. The van der Waals surface area contributed by atoms with Crippen LogP contribution in [0.2, 0.25) is 0 Å². The Morgan fingerprint density at radius 1 is 0.862 bits per heavy atom. The quantitative estimate of drug-likeness (QED) is 0.632. The van der Waals surface area contributed by atoms with Crippen LogP contribution < -0.4 is 10.5 Å². The molecular formula is C25H27NO3. The summed E-state index contributed by atoms with van der Waals surface area (Å²) in [6.07, 6.45) is 0. The van der Waals surface area contributed by atoms with Crippen molar-refractivity contribution >= 4 is 5.97 Å². The van der Waals surface area contributed by atoms with E-state index in [1.165, 1.54) is 0 Å². The van der Waals surface area contributed by atoms with E-state index >= 15 is 0 Å². The van der Waals surface area contributed by atoms with Crippen LogP contribution in [-0.4, -0.2) is 11.1 Å². The molecule has 0 bridgehead atoms. The van der Waals surface area contributed by atoms with Crippen molar-refractivity contribution in [2.24, 2.45) is 5.73 Å². The average molecular weight is 389 g/mol. The molecule has 29 heavy (non-hydrogen) atoms. The van der Waals surface area contributed by atoms with Crippen molar-refractivity contribution in [2.75, 3.05) is 0 Å². The van der Waals surface area contributed by atoms with Gasteiger partial charge in [-0.2, -0.15) is 0 Å². The number of ether oxygens (including phenoxy) is 1. The van der Waals surface area contributed by atoms with E-state index in [4.69, 9.17) is 10.5 Å². The molecule has 0 aliphatic rings. The largest absolute Gasteiger partial charge is 0.478 e. The van der Waals surface area contributed by atoms with E-state index in [0.29, 0.717) is 16.9 Å². The van der Waals surface area contributed by atoms with Crippen LogP contribution in [0, 0.1) is 0 Å². The molecule has 0 heterocycles. The first-order chi connectivity index (χ1) is 13.8. The zero-order valence-electron chi connectivity index (χ0n) is 17.1. The lowest BCUT2D eigenvalue weighted by atomic mass is 9.76. The van der Waals surface area contributed by atoms with E-state index in [0.717, 1.165) is 11.1 Å². The maximum absolute atomic E-state index is 12.9. The van der Waals surface area contributed by atoms with Gasteiger partial charge in [0.1, 0.15) is 5.75 Å². The van der Waals surface area contributed by atoms with Crippen LogP contribution in [0.5, 0.6) is 5.75 Å². The zero-order chi connectivity index (χ0) is 21.1. The highest BCUT2D eigenvalue weighted by Crippen LogP contribution is 2.40. The van der Waals surface area contributed by atoms with Gasteiger partial charge in [0.15, 0.2) is 0 Å². The van der Waals surface area contributed by atoms with Crippen molar-refractivity contribution < 1.29 is 14.6 Å². The highest BCUT2D eigenvalue weighted by molar-refractivity contribution is 5.85. The van der Waals surface area contributed by atoms with Gasteiger partial charge in [-0.1, -0.05) is 87.5 Å². The van der Waals surface area contributed by atoms with Gasteiger partial charge in [0.05, 0.1) is 0 Å². The lowest BCUT2D eigenvalue weighted by molar-refractivity contribution is -0.152. The molecule has 0 aromatic heterocycles. The Hall–Kier alpha value is -3.11. The van der Waals surface area contributed by atoms with Gasteiger partial charge in [-0.05, 0) is 28.7 Å². The standard InChI is InChI=1S/C25H27NO3/c1-24(2,3)21-15-10-16-22(20(21)17-26)25(23(27)28,18-11-6-4-7-12-18)29-19-13-8-5-9-14-19/h4-16H,17,26H2,1-3H3,(H,27,28). The second-order valence-electron chi connectivity index (χ2n) is 8.05. The molecule has 0 aliphatic heterocycles. The minimum absolute atomic E-state index is 0.196. The minimum atomic E-state index is -1.72. The predicted octanol–water partition coefficient (Wildman–Crippen LogP) is 4.85. The topological polar surface area (TPSA) is 72.5 Å². The van der Waals surface area contributed by atoms with Gasteiger partial charge in [0, 0.05) is 17.7 Å². The van der Waals surface area contributed by atoms with E-state index in [1.54, 1.807) is 24.3 Å². The van der Waals surface area contributed by atoms with Crippen LogP contribution in [0.3, 0.4) is 0 Å². The number of nitrogens with two attached hydrogens (primary N) is 1. The molecule has 4 nitrogen and oxygen atoms in total. The summed E-state index contributed by atoms with van der Waals surface area (Å²) in [6, 6.07) is 23.8. The maximum Gasteiger partial charge on any atom is 0.357 e. The lowest BCUT2D eigenvalue weighted by Crippen LogP contribution is -2.44. The van der Waals surface area contributed by atoms with Gasteiger partial charge in [-0.3, -0.25) is 0 Å². The number of aliphatic carboxylic acids is 1. The molecular weight excluding hydrogens is 362 g/mol. The number of rotatable bonds is 6. The molecule has 4 heteroatoms. The third-order valence-electron chi connectivity index (χ3n) is 5.06. The van der Waals surface area contributed by atoms with Crippen molar-refractivity contribution in [3.05, 3.63) is 101 Å². The first kappa shape index (κ1) is 20.6. The second kappa shape index (κ2) is 8.10. The molecule has 3 aromatic rings. The Labute approximate surface area is 172 Å². The number of carboxylic acids is 1. The number of hydrogen-bond acceptors (Lipinski definition) is 3. The van der Waals surface area contributed by atoms with Crippen molar-refractivity contribution in [1.29, 1.82) is 0 Å². The molecule has 3 aromatic carbocycles. The smallest absolute Gasteiger partial charge is 0.357 e. The summed E-state index contributed by atoms with van der Waals surface area (Å²) in [7, 11) is 0. The van der Waals surface area contributed by atoms with Gasteiger partial charge in [0.25, 0.3) is 5.60 Å². The van der Waals surface area contributed by atoms with Crippen molar-refractivity contribution in [3.63, 3.8) is 0 Å². The van der Waals surface area contributed by atoms with Crippen LogP contribution in [-0.2, 0) is 22.4 Å². The lowest BCUT2D eigenvalue weighted by Gasteiger charge is -2.35. The van der Waals surface area contributed by atoms with E-state index in [1.807, 2.05) is 54.6 Å². The first-order valence-corrected chi connectivity index (χ1v) is 9.66. The molecule has 0 fully saturated rings. The molecule has 0 radical (unpaired) electrons. The molecule has 0 aliphatic carbocycles. The van der Waals surface area contributed by atoms with Gasteiger partial charge in [-0.25, -0.2) is 4.79 Å². The maximum atomic E-state index is 12.9. The van der Waals surface area contributed by atoms with Crippen molar-refractivity contribution in [1.82, 2.24) is 0 Å². The van der Waals surface area contributed by atoms with Gasteiger partial charge >= 0.3 is 5.97 Å². The molecule has 150 valence electrons. The number of carbonyl (C=O) groups is 1. The molecule has 1 unspecified atom stereocenters. The highest BCUT2D eigenvalue weighted by atomic mass is 16.5. The highest BCUT2D eigenvalue weighted by Gasteiger charge is 2.47. The first-order valence-electron chi connectivity index (χ1n) is 9.66. The summed E-state index contributed by atoms with van der Waals surface area (Å²) in [5, 5.41) is 10.5. The fourth-order valence-electron chi connectivity index (χ4n) is 3.73. The third kappa shape index (κ3) is 3.89. The number of carboxylic acid groups (broad SMARTS) is 1. The summed E-state index contributed by atoms with van der Waals surface area (Å²) >= 11 is 0. The molecule has 3 rings (SSSR count). The van der Waals surface area contributed by atoms with Crippen LogP contribution >= 0.6 is 0 Å². The van der Waals surface area contributed by atoms with Gasteiger partial charge in [-0.15, -0.1) is 0 Å². The average Bonchev–Trinajstić information content (AvgIpc) is 2.72.